The van der Waals surface area contributed by atoms with Crippen LogP contribution >= 0.6 is 11.8 Å². The van der Waals surface area contributed by atoms with E-state index in [-0.39, 0.29) is 5.60 Å². The molecule has 0 unspecified atom stereocenters. The van der Waals surface area contributed by atoms with Crippen LogP contribution in [0.1, 0.15) is 42.6 Å². The van der Waals surface area contributed by atoms with Crippen LogP contribution in [0.3, 0.4) is 0 Å². The van der Waals surface area contributed by atoms with E-state index < -0.39 is 11.6 Å². The van der Waals surface area contributed by atoms with E-state index in [4.69, 9.17) is 4.74 Å². The lowest BCUT2D eigenvalue weighted by atomic mass is 9.89. The number of carbonyl (C=O) groups excluding carboxylic acids is 2. The zero-order chi connectivity index (χ0) is 17.6. The Balaban J connectivity index is 1.60. The van der Waals surface area contributed by atoms with E-state index >= 15 is 0 Å². The lowest BCUT2D eigenvalue weighted by Gasteiger charge is -2.45. The van der Waals surface area contributed by atoms with E-state index in [0.29, 0.717) is 22.1 Å². The number of rotatable bonds is 2. The Bertz CT molecular complexity index is 760. The summed E-state index contributed by atoms with van der Waals surface area (Å²) in [6.07, 6.45) is 1.93. The number of hydrogen-bond acceptors (Lipinski definition) is 5. The first-order valence-corrected chi connectivity index (χ1v) is 9.94. The summed E-state index contributed by atoms with van der Waals surface area (Å²) in [5.41, 5.74) is 1.03. The summed E-state index contributed by atoms with van der Waals surface area (Å²) in [5, 5.41) is 0. The van der Waals surface area contributed by atoms with Crippen LogP contribution in [0, 0.1) is 5.92 Å². The SMILES string of the molecule is CC(C)CN1CCC2(CC1)CSC1=C(O2)c2ccccc2C(=O)C1=O. The summed E-state index contributed by atoms with van der Waals surface area (Å²) in [6, 6.07) is 7.31. The Hall–Kier alpha value is -1.59. The van der Waals surface area contributed by atoms with Crippen LogP contribution in [-0.4, -0.2) is 47.5 Å². The minimum Gasteiger partial charge on any atom is -0.484 e. The fraction of sp³-hybridized carbons (Fsp3) is 0.500. The largest absolute Gasteiger partial charge is 0.484 e. The molecule has 4 nitrogen and oxygen atoms in total. The second-order valence-corrected chi connectivity index (χ2v) is 8.62. The number of thioether (sulfide) groups is 1. The summed E-state index contributed by atoms with van der Waals surface area (Å²) in [5.74, 6) is 1.23. The average Bonchev–Trinajstić information content (AvgIpc) is 2.61. The van der Waals surface area contributed by atoms with Gasteiger partial charge in [-0.25, -0.2) is 0 Å². The van der Waals surface area contributed by atoms with Gasteiger partial charge in [-0.15, -0.1) is 11.8 Å². The van der Waals surface area contributed by atoms with Gasteiger partial charge in [-0.3, -0.25) is 9.59 Å². The van der Waals surface area contributed by atoms with Gasteiger partial charge >= 0.3 is 0 Å². The van der Waals surface area contributed by atoms with E-state index in [0.717, 1.165) is 43.8 Å². The van der Waals surface area contributed by atoms with Crippen molar-refractivity contribution < 1.29 is 14.3 Å². The van der Waals surface area contributed by atoms with Gasteiger partial charge < -0.3 is 9.64 Å². The minimum atomic E-state index is -0.411. The molecule has 0 aromatic heterocycles. The van der Waals surface area contributed by atoms with Gasteiger partial charge in [0.25, 0.3) is 0 Å². The highest BCUT2D eigenvalue weighted by atomic mass is 32.2. The maximum absolute atomic E-state index is 12.5. The molecule has 4 rings (SSSR count). The number of carbonyl (C=O) groups is 2. The number of ether oxygens (including phenoxy) is 1. The molecule has 1 spiro atoms. The highest BCUT2D eigenvalue weighted by molar-refractivity contribution is 8.04. The third kappa shape index (κ3) is 2.93. The molecule has 132 valence electrons. The second-order valence-electron chi connectivity index (χ2n) is 7.63. The van der Waals surface area contributed by atoms with Crippen LogP contribution in [0.15, 0.2) is 29.2 Å². The van der Waals surface area contributed by atoms with Crippen molar-refractivity contribution in [1.82, 2.24) is 4.90 Å². The first-order valence-electron chi connectivity index (χ1n) is 8.96. The number of Topliss-reactive ketones (excluding diaryl/α,β-unsaturated/α-hetero) is 2. The van der Waals surface area contributed by atoms with Crippen molar-refractivity contribution in [2.75, 3.05) is 25.4 Å². The van der Waals surface area contributed by atoms with Crippen molar-refractivity contribution in [3.05, 3.63) is 40.3 Å². The standard InChI is InChI=1S/C20H23NO3S/c1-13(2)11-21-9-7-20(8-10-21)12-25-19-17(23)16(22)14-5-3-4-6-15(14)18(19)24-20/h3-6,13H,7-12H2,1-2H3. The van der Waals surface area contributed by atoms with Crippen LogP contribution in [0.4, 0.5) is 0 Å². The number of nitrogens with zero attached hydrogens (tertiary/aromatic N) is 1. The van der Waals surface area contributed by atoms with Crippen LogP contribution < -0.4 is 0 Å². The summed E-state index contributed by atoms with van der Waals surface area (Å²) in [4.78, 5) is 27.8. The minimum absolute atomic E-state index is 0.218. The summed E-state index contributed by atoms with van der Waals surface area (Å²) >= 11 is 1.51. The van der Waals surface area contributed by atoms with Crippen molar-refractivity contribution in [3.8, 4) is 0 Å². The smallest absolute Gasteiger partial charge is 0.243 e. The number of ketones is 2. The summed E-state index contributed by atoms with van der Waals surface area (Å²) in [7, 11) is 0. The zero-order valence-electron chi connectivity index (χ0n) is 14.7. The quantitative estimate of drug-likeness (QED) is 0.760. The molecule has 1 saturated heterocycles. The van der Waals surface area contributed by atoms with Gasteiger partial charge in [0.1, 0.15) is 16.3 Å². The van der Waals surface area contributed by atoms with Gasteiger partial charge in [-0.05, 0) is 5.92 Å². The normalized spacial score (nSPS) is 22.8. The van der Waals surface area contributed by atoms with Crippen molar-refractivity contribution in [2.45, 2.75) is 32.3 Å². The zero-order valence-corrected chi connectivity index (χ0v) is 15.5. The molecule has 0 radical (unpaired) electrons. The van der Waals surface area contributed by atoms with Crippen molar-refractivity contribution in [1.29, 1.82) is 0 Å². The number of piperidine rings is 1. The first-order chi connectivity index (χ1) is 12.0. The molecular formula is C20H23NO3S. The summed E-state index contributed by atoms with van der Waals surface area (Å²) < 4.78 is 6.48. The maximum Gasteiger partial charge on any atom is 0.243 e. The van der Waals surface area contributed by atoms with Gasteiger partial charge in [0.2, 0.25) is 11.6 Å². The Kier molecular flexibility index (Phi) is 4.24. The molecule has 5 heteroatoms. The highest BCUT2D eigenvalue weighted by Gasteiger charge is 2.45. The molecule has 1 aromatic rings. The number of allylic oxidation sites excluding steroid dienone is 1. The maximum atomic E-state index is 12.5. The monoisotopic (exact) mass is 357 g/mol. The van der Waals surface area contributed by atoms with Crippen LogP contribution in [0.5, 0.6) is 0 Å². The number of benzene rings is 1. The van der Waals surface area contributed by atoms with Gasteiger partial charge in [-0.1, -0.05) is 38.1 Å². The fourth-order valence-electron chi connectivity index (χ4n) is 3.92. The number of fused-ring (bicyclic) bond motifs is 2. The highest BCUT2D eigenvalue weighted by Crippen LogP contribution is 2.47. The molecule has 0 atom stereocenters. The number of hydrogen-bond donors (Lipinski definition) is 0. The van der Waals surface area contributed by atoms with Crippen LogP contribution in [0.25, 0.3) is 5.76 Å². The van der Waals surface area contributed by atoms with Crippen molar-refractivity contribution in [3.63, 3.8) is 0 Å². The summed E-state index contributed by atoms with van der Waals surface area (Å²) in [6.45, 7) is 7.66. The molecule has 25 heavy (non-hydrogen) atoms. The molecule has 1 aliphatic carbocycles. The Morgan fingerprint density at radius 1 is 1.12 bits per heavy atom. The van der Waals surface area contributed by atoms with Crippen LogP contribution in [-0.2, 0) is 9.53 Å². The molecule has 2 aliphatic heterocycles. The van der Waals surface area contributed by atoms with Gasteiger partial charge in [0.05, 0.1) is 0 Å². The molecule has 0 saturated carbocycles. The fourth-order valence-corrected chi connectivity index (χ4v) is 5.18. The molecule has 0 N–H and O–H groups in total. The van der Waals surface area contributed by atoms with Gasteiger partial charge in [0, 0.05) is 49.4 Å². The molecule has 0 amide bonds. The van der Waals surface area contributed by atoms with E-state index in [9.17, 15) is 9.59 Å². The molecule has 1 aromatic carbocycles. The third-order valence-corrected chi connectivity index (χ3v) is 6.55. The lowest BCUT2D eigenvalue weighted by Crippen LogP contribution is -2.50. The molecule has 3 aliphatic rings. The third-order valence-electron chi connectivity index (χ3n) is 5.22. The second kappa shape index (κ2) is 6.29. The first kappa shape index (κ1) is 16.9. The van der Waals surface area contributed by atoms with Crippen molar-refractivity contribution in [2.24, 2.45) is 5.92 Å². The van der Waals surface area contributed by atoms with E-state index in [1.54, 1.807) is 12.1 Å². The number of likely N-dealkylation sites (tertiary alicyclic amines) is 1. The Morgan fingerprint density at radius 2 is 1.80 bits per heavy atom. The van der Waals surface area contributed by atoms with Crippen LogP contribution in [0.2, 0.25) is 0 Å². The molecule has 1 fully saturated rings. The topological polar surface area (TPSA) is 46.6 Å². The molecular weight excluding hydrogens is 334 g/mol. The van der Waals surface area contributed by atoms with Gasteiger partial charge in [0.15, 0.2) is 0 Å². The van der Waals surface area contributed by atoms with Crippen molar-refractivity contribution >= 4 is 29.1 Å². The van der Waals surface area contributed by atoms with Gasteiger partial charge in [-0.2, -0.15) is 0 Å². The molecule has 2 heterocycles. The average molecular weight is 357 g/mol. The van der Waals surface area contributed by atoms with E-state index in [1.807, 2.05) is 12.1 Å². The van der Waals surface area contributed by atoms with E-state index in [1.165, 1.54) is 11.8 Å². The Labute approximate surface area is 152 Å². The predicted octanol–water partition coefficient (Wildman–Crippen LogP) is 3.37. The molecule has 0 bridgehead atoms. The van der Waals surface area contributed by atoms with E-state index in [2.05, 4.69) is 18.7 Å². The predicted molar refractivity (Wildman–Crippen MR) is 99.5 cm³/mol. The Morgan fingerprint density at radius 3 is 2.48 bits per heavy atom. The lowest BCUT2D eigenvalue weighted by molar-refractivity contribution is -0.111.